The fourth-order valence-electron chi connectivity index (χ4n) is 4.29. The van der Waals surface area contributed by atoms with Crippen LogP contribution >= 0.6 is 11.8 Å². The largest absolute Gasteiger partial charge is 0.496 e. The molecule has 9 heteroatoms. The highest BCUT2D eigenvalue weighted by Crippen LogP contribution is 2.43. The molecule has 2 N–H and O–H groups in total. The van der Waals surface area contributed by atoms with Gasteiger partial charge in [-0.2, -0.15) is 5.26 Å². The normalized spacial score (nSPS) is 17.1. The second kappa shape index (κ2) is 11.6. The monoisotopic (exact) mass is 515 g/mol. The highest BCUT2D eigenvalue weighted by molar-refractivity contribution is 8.03. The molecular formula is C28H25N3O5S. The lowest BCUT2D eigenvalue weighted by Crippen LogP contribution is -2.44. The van der Waals surface area contributed by atoms with Gasteiger partial charge in [-0.25, -0.2) is 0 Å². The number of nitriles is 1. The lowest BCUT2D eigenvalue weighted by atomic mass is 9.78. The number of esters is 1. The second-order valence-corrected chi connectivity index (χ2v) is 9.18. The smallest absolute Gasteiger partial charge is 0.319 e. The summed E-state index contributed by atoms with van der Waals surface area (Å²) < 4.78 is 10.6. The molecule has 8 nitrogen and oxygen atoms in total. The molecule has 0 unspecified atom stereocenters. The van der Waals surface area contributed by atoms with Crippen LogP contribution in [-0.2, 0) is 19.1 Å². The molecule has 0 radical (unpaired) electrons. The molecular weight excluding hydrogens is 490 g/mol. The highest BCUT2D eigenvalue weighted by atomic mass is 32.2. The zero-order valence-corrected chi connectivity index (χ0v) is 21.1. The highest BCUT2D eigenvalue weighted by Gasteiger charge is 2.45. The number of amides is 2. The maximum absolute atomic E-state index is 13.1. The first-order chi connectivity index (χ1) is 18.0. The number of benzene rings is 3. The molecule has 4 rings (SSSR count). The molecule has 1 heterocycles. The van der Waals surface area contributed by atoms with Crippen molar-refractivity contribution in [1.29, 1.82) is 5.26 Å². The first kappa shape index (κ1) is 25.8. The number of carbonyl (C=O) groups excluding carboxylic acids is 3. The summed E-state index contributed by atoms with van der Waals surface area (Å²) in [6, 6.07) is 22.5. The first-order valence-corrected chi connectivity index (χ1v) is 12.6. The number of carbonyl (C=O) groups is 3. The Bertz CT molecular complexity index is 1430. The van der Waals surface area contributed by atoms with Gasteiger partial charge in [-0.1, -0.05) is 60.3 Å². The number of allylic oxidation sites excluding steroid dienone is 1. The van der Waals surface area contributed by atoms with Gasteiger partial charge >= 0.3 is 5.97 Å². The van der Waals surface area contributed by atoms with Crippen molar-refractivity contribution >= 4 is 46.0 Å². The van der Waals surface area contributed by atoms with Crippen LogP contribution in [0.15, 0.2) is 77.3 Å². The summed E-state index contributed by atoms with van der Waals surface area (Å²) in [5.74, 6) is -3.48. The zero-order valence-electron chi connectivity index (χ0n) is 20.3. The molecule has 3 aromatic carbocycles. The third-order valence-corrected chi connectivity index (χ3v) is 6.94. The SMILES string of the molecule is CCOC(=O)[C@H]1C(=O)NC(SCC(=O)Nc2ccc3ccccc3c2)=C(C#N)[C@@H]1c1ccccc1OC. The van der Waals surface area contributed by atoms with Crippen molar-refractivity contribution in [1.82, 2.24) is 5.32 Å². The van der Waals surface area contributed by atoms with E-state index in [9.17, 15) is 19.6 Å². The van der Waals surface area contributed by atoms with Crippen molar-refractivity contribution in [2.24, 2.45) is 5.92 Å². The molecule has 2 atom stereocenters. The molecule has 188 valence electrons. The van der Waals surface area contributed by atoms with E-state index in [1.165, 1.54) is 7.11 Å². The van der Waals surface area contributed by atoms with Crippen molar-refractivity contribution < 1.29 is 23.9 Å². The van der Waals surface area contributed by atoms with Crippen LogP contribution in [-0.4, -0.2) is 37.3 Å². The van der Waals surface area contributed by atoms with E-state index in [1.54, 1.807) is 31.2 Å². The standard InChI is InChI=1S/C28H25N3O5S/c1-3-36-28(34)25-24(20-10-6-7-11-22(20)35-2)21(15-29)27(31-26(25)33)37-16-23(32)30-19-13-12-17-8-4-5-9-18(17)14-19/h4-14,24-25H,3,16H2,1-2H3,(H,30,32)(H,31,33)/t24-,25+/m0/s1. The summed E-state index contributed by atoms with van der Waals surface area (Å²) in [6.45, 7) is 1.73. The van der Waals surface area contributed by atoms with Crippen LogP contribution in [0.3, 0.4) is 0 Å². The predicted molar refractivity (Wildman–Crippen MR) is 142 cm³/mol. The number of fused-ring (bicyclic) bond motifs is 1. The number of hydrogen-bond donors (Lipinski definition) is 2. The summed E-state index contributed by atoms with van der Waals surface area (Å²) in [5, 5.41) is 17.9. The summed E-state index contributed by atoms with van der Waals surface area (Å²) in [4.78, 5) is 38.6. The van der Waals surface area contributed by atoms with E-state index in [-0.39, 0.29) is 28.9 Å². The third kappa shape index (κ3) is 5.60. The molecule has 2 amide bonds. The van der Waals surface area contributed by atoms with E-state index in [2.05, 4.69) is 16.7 Å². The van der Waals surface area contributed by atoms with Crippen molar-refractivity contribution in [2.75, 3.05) is 24.8 Å². The van der Waals surface area contributed by atoms with Gasteiger partial charge in [0.05, 0.1) is 36.1 Å². The predicted octanol–water partition coefficient (Wildman–Crippen LogP) is 4.35. The van der Waals surface area contributed by atoms with Gasteiger partial charge in [0.25, 0.3) is 0 Å². The van der Waals surface area contributed by atoms with Crippen LogP contribution in [0.5, 0.6) is 5.75 Å². The summed E-state index contributed by atoms with van der Waals surface area (Å²) >= 11 is 1.02. The summed E-state index contributed by atoms with van der Waals surface area (Å²) in [7, 11) is 1.48. The van der Waals surface area contributed by atoms with Crippen LogP contribution in [0.25, 0.3) is 10.8 Å². The van der Waals surface area contributed by atoms with Gasteiger partial charge in [0, 0.05) is 17.2 Å². The number of hydrogen-bond acceptors (Lipinski definition) is 7. The fourth-order valence-corrected chi connectivity index (χ4v) is 5.13. The summed E-state index contributed by atoms with van der Waals surface area (Å²) in [6.07, 6.45) is 0. The molecule has 37 heavy (non-hydrogen) atoms. The van der Waals surface area contributed by atoms with Crippen molar-refractivity contribution in [3.8, 4) is 11.8 Å². The minimum Gasteiger partial charge on any atom is -0.496 e. The number of methoxy groups -OCH3 is 1. The zero-order chi connectivity index (χ0) is 26.4. The average molecular weight is 516 g/mol. The fraction of sp³-hybridized carbons (Fsp3) is 0.214. The minimum atomic E-state index is -1.28. The molecule has 0 aliphatic carbocycles. The van der Waals surface area contributed by atoms with E-state index >= 15 is 0 Å². The number of nitrogens with one attached hydrogen (secondary N) is 2. The molecule has 0 saturated carbocycles. The Hall–Kier alpha value is -4.29. The van der Waals surface area contributed by atoms with Gasteiger partial charge in [0.1, 0.15) is 11.7 Å². The Kier molecular flexibility index (Phi) is 8.11. The van der Waals surface area contributed by atoms with E-state index in [0.29, 0.717) is 17.0 Å². The maximum Gasteiger partial charge on any atom is 0.319 e. The van der Waals surface area contributed by atoms with E-state index < -0.39 is 23.7 Å². The number of para-hydroxylation sites is 1. The summed E-state index contributed by atoms with van der Waals surface area (Å²) in [5.41, 5.74) is 1.31. The second-order valence-electron chi connectivity index (χ2n) is 8.19. The van der Waals surface area contributed by atoms with Crippen molar-refractivity contribution in [3.63, 3.8) is 0 Å². The lowest BCUT2D eigenvalue weighted by molar-refractivity contribution is -0.152. The average Bonchev–Trinajstić information content (AvgIpc) is 2.91. The number of anilines is 1. The minimum absolute atomic E-state index is 0.0592. The molecule has 0 fully saturated rings. The van der Waals surface area contributed by atoms with Gasteiger partial charge in [0.15, 0.2) is 0 Å². The molecule has 0 bridgehead atoms. The van der Waals surface area contributed by atoms with Gasteiger partial charge in [-0.15, -0.1) is 0 Å². The number of thioether (sulfide) groups is 1. The molecule has 0 spiro atoms. The Morgan fingerprint density at radius 1 is 1.08 bits per heavy atom. The number of rotatable bonds is 8. The molecule has 0 aromatic heterocycles. The van der Waals surface area contributed by atoms with Crippen LogP contribution < -0.4 is 15.4 Å². The third-order valence-electron chi connectivity index (χ3n) is 5.92. The van der Waals surface area contributed by atoms with Gasteiger partial charge in [0.2, 0.25) is 11.8 Å². The quantitative estimate of drug-likeness (QED) is 0.338. The van der Waals surface area contributed by atoms with Crippen molar-refractivity contribution in [2.45, 2.75) is 12.8 Å². The van der Waals surface area contributed by atoms with E-state index in [1.807, 2.05) is 42.5 Å². The van der Waals surface area contributed by atoms with Crippen LogP contribution in [0.2, 0.25) is 0 Å². The Labute approximate surface area is 218 Å². The molecule has 0 saturated heterocycles. The van der Waals surface area contributed by atoms with Crippen LogP contribution in [0, 0.1) is 17.2 Å². The molecule has 3 aromatic rings. The Morgan fingerprint density at radius 3 is 2.54 bits per heavy atom. The molecule has 1 aliphatic rings. The maximum atomic E-state index is 13.1. The number of nitrogens with zero attached hydrogens (tertiary/aromatic N) is 1. The van der Waals surface area contributed by atoms with Gasteiger partial charge in [-0.3, -0.25) is 14.4 Å². The topological polar surface area (TPSA) is 118 Å². The number of ether oxygens (including phenoxy) is 2. The van der Waals surface area contributed by atoms with Gasteiger partial charge < -0.3 is 20.1 Å². The Balaban J connectivity index is 1.61. The van der Waals surface area contributed by atoms with Gasteiger partial charge in [-0.05, 0) is 35.9 Å². The van der Waals surface area contributed by atoms with Crippen LogP contribution in [0.1, 0.15) is 18.4 Å². The van der Waals surface area contributed by atoms with E-state index in [4.69, 9.17) is 9.47 Å². The van der Waals surface area contributed by atoms with E-state index in [0.717, 1.165) is 22.5 Å². The first-order valence-electron chi connectivity index (χ1n) is 11.6. The lowest BCUT2D eigenvalue weighted by Gasteiger charge is -2.31. The van der Waals surface area contributed by atoms with Crippen LogP contribution in [0.4, 0.5) is 5.69 Å². The van der Waals surface area contributed by atoms with Crippen molar-refractivity contribution in [3.05, 3.63) is 82.9 Å². The Morgan fingerprint density at radius 2 is 1.81 bits per heavy atom. The molecule has 1 aliphatic heterocycles.